The van der Waals surface area contributed by atoms with Crippen LogP contribution in [0, 0.1) is 6.92 Å². The third kappa shape index (κ3) is 5.99. The predicted molar refractivity (Wildman–Crippen MR) is 100 cm³/mol. The van der Waals surface area contributed by atoms with Gasteiger partial charge in [0.25, 0.3) is 0 Å². The molecule has 1 unspecified atom stereocenters. The summed E-state index contributed by atoms with van der Waals surface area (Å²) in [5.74, 6) is 0.0152. The molecule has 1 saturated heterocycles. The van der Waals surface area contributed by atoms with Gasteiger partial charge in [-0.05, 0) is 31.5 Å². The Balaban J connectivity index is 1.78. The first kappa shape index (κ1) is 19.1. The number of benzene rings is 1. The first-order chi connectivity index (χ1) is 12.0. The van der Waals surface area contributed by atoms with Gasteiger partial charge in [0.2, 0.25) is 11.8 Å². The number of hydrogen-bond donors (Lipinski definition) is 2. The Labute approximate surface area is 149 Å². The van der Waals surface area contributed by atoms with Gasteiger partial charge in [-0.2, -0.15) is 0 Å². The molecule has 136 valence electrons. The van der Waals surface area contributed by atoms with Crippen molar-refractivity contribution in [2.24, 2.45) is 0 Å². The van der Waals surface area contributed by atoms with E-state index in [2.05, 4.69) is 27.0 Å². The van der Waals surface area contributed by atoms with Gasteiger partial charge in [-0.25, -0.2) is 0 Å². The average Bonchev–Trinajstić information content (AvgIpc) is 2.60. The Kier molecular flexibility index (Phi) is 7.16. The molecule has 2 N–H and O–H groups in total. The molecule has 6 heteroatoms. The Morgan fingerprint density at radius 2 is 2.00 bits per heavy atom. The number of nitrogens with one attached hydrogen (secondary N) is 2. The van der Waals surface area contributed by atoms with E-state index in [0.29, 0.717) is 13.1 Å². The number of hydrogen-bond acceptors (Lipinski definition) is 4. The quantitative estimate of drug-likeness (QED) is 0.731. The number of nitrogens with zero attached hydrogens (tertiary/aromatic N) is 2. The van der Waals surface area contributed by atoms with E-state index < -0.39 is 0 Å². The molecule has 1 aliphatic heterocycles. The number of amides is 2. The van der Waals surface area contributed by atoms with E-state index in [9.17, 15) is 9.59 Å². The summed E-state index contributed by atoms with van der Waals surface area (Å²) in [6.07, 6.45) is 1.67. The Bertz CT molecular complexity index is 609. The van der Waals surface area contributed by atoms with E-state index in [1.54, 1.807) is 6.08 Å². The molecule has 2 amide bonds. The molecule has 1 atom stereocenters. The highest BCUT2D eigenvalue weighted by molar-refractivity contribution is 5.94. The van der Waals surface area contributed by atoms with Crippen molar-refractivity contribution in [1.82, 2.24) is 15.1 Å². The first-order valence-corrected chi connectivity index (χ1v) is 8.71. The summed E-state index contributed by atoms with van der Waals surface area (Å²) in [5, 5.41) is 5.77. The van der Waals surface area contributed by atoms with Gasteiger partial charge in [-0.3, -0.25) is 19.4 Å². The smallest absolute Gasteiger partial charge is 0.241 e. The number of piperazine rings is 1. The van der Waals surface area contributed by atoms with Crippen LogP contribution in [0.2, 0.25) is 0 Å². The standard InChI is InChI=1S/C19H28N4O2/c1-4-8-20-18(24)14-22-9-11-23(12-10-22)16(3)19(25)21-17-7-5-6-15(2)13-17/h4-7,13,16H,1,8-12,14H2,2-3H3,(H,20,24)(H,21,25). The van der Waals surface area contributed by atoms with Gasteiger partial charge >= 0.3 is 0 Å². The van der Waals surface area contributed by atoms with Crippen LogP contribution in [-0.2, 0) is 9.59 Å². The molecule has 1 aromatic rings. The van der Waals surface area contributed by atoms with Gasteiger partial charge in [-0.15, -0.1) is 6.58 Å². The molecule has 1 aromatic carbocycles. The lowest BCUT2D eigenvalue weighted by atomic mass is 10.2. The SMILES string of the molecule is C=CCNC(=O)CN1CCN(C(C)C(=O)Nc2cccc(C)c2)CC1. The van der Waals surface area contributed by atoms with E-state index >= 15 is 0 Å². The lowest BCUT2D eigenvalue weighted by Gasteiger charge is -2.37. The summed E-state index contributed by atoms with van der Waals surface area (Å²) in [6.45, 7) is 11.5. The van der Waals surface area contributed by atoms with Gasteiger partial charge in [0, 0.05) is 38.4 Å². The highest BCUT2D eigenvalue weighted by atomic mass is 16.2. The van der Waals surface area contributed by atoms with Crippen LogP contribution < -0.4 is 10.6 Å². The van der Waals surface area contributed by atoms with Crippen LogP contribution in [0.5, 0.6) is 0 Å². The fourth-order valence-electron chi connectivity index (χ4n) is 2.89. The second-order valence-electron chi connectivity index (χ2n) is 6.44. The van der Waals surface area contributed by atoms with E-state index in [0.717, 1.165) is 37.4 Å². The first-order valence-electron chi connectivity index (χ1n) is 8.71. The number of carbonyl (C=O) groups excluding carboxylic acids is 2. The molecule has 0 spiro atoms. The minimum absolute atomic E-state index is 0.00257. The van der Waals surface area contributed by atoms with Crippen molar-refractivity contribution < 1.29 is 9.59 Å². The van der Waals surface area contributed by atoms with E-state index in [4.69, 9.17) is 0 Å². The fraction of sp³-hybridized carbons (Fsp3) is 0.474. The topological polar surface area (TPSA) is 64.7 Å². The minimum atomic E-state index is -0.197. The number of anilines is 1. The molecule has 0 aromatic heterocycles. The van der Waals surface area contributed by atoms with Crippen molar-refractivity contribution in [3.05, 3.63) is 42.5 Å². The van der Waals surface area contributed by atoms with Crippen LogP contribution in [0.3, 0.4) is 0 Å². The normalized spacial score (nSPS) is 16.9. The van der Waals surface area contributed by atoms with Gasteiger partial charge in [0.1, 0.15) is 0 Å². The summed E-state index contributed by atoms with van der Waals surface area (Å²) in [7, 11) is 0. The molecule has 1 aliphatic rings. The molecule has 2 rings (SSSR count). The van der Waals surface area contributed by atoms with Crippen LogP contribution in [0.1, 0.15) is 12.5 Å². The third-order valence-electron chi connectivity index (χ3n) is 4.43. The van der Waals surface area contributed by atoms with E-state index in [1.165, 1.54) is 0 Å². The van der Waals surface area contributed by atoms with Gasteiger partial charge in [0.05, 0.1) is 12.6 Å². The zero-order chi connectivity index (χ0) is 18.2. The third-order valence-corrected chi connectivity index (χ3v) is 4.43. The second-order valence-corrected chi connectivity index (χ2v) is 6.44. The summed E-state index contributed by atoms with van der Waals surface area (Å²) in [6, 6.07) is 7.61. The number of aryl methyl sites for hydroxylation is 1. The van der Waals surface area contributed by atoms with Crippen LogP contribution in [0.15, 0.2) is 36.9 Å². The number of rotatable bonds is 7. The van der Waals surface area contributed by atoms with Crippen LogP contribution >= 0.6 is 0 Å². The molecule has 6 nitrogen and oxygen atoms in total. The van der Waals surface area contributed by atoms with Crippen molar-refractivity contribution in [2.75, 3.05) is 44.6 Å². The lowest BCUT2D eigenvalue weighted by molar-refractivity contribution is -0.124. The van der Waals surface area contributed by atoms with Gasteiger partial charge in [-0.1, -0.05) is 18.2 Å². The van der Waals surface area contributed by atoms with E-state index in [1.807, 2.05) is 38.1 Å². The van der Waals surface area contributed by atoms with Crippen LogP contribution in [0.25, 0.3) is 0 Å². The fourth-order valence-corrected chi connectivity index (χ4v) is 2.89. The van der Waals surface area contributed by atoms with Crippen molar-refractivity contribution in [3.63, 3.8) is 0 Å². The molecule has 0 radical (unpaired) electrons. The van der Waals surface area contributed by atoms with Crippen LogP contribution in [0.4, 0.5) is 5.69 Å². The highest BCUT2D eigenvalue weighted by Gasteiger charge is 2.26. The highest BCUT2D eigenvalue weighted by Crippen LogP contribution is 2.12. The minimum Gasteiger partial charge on any atom is -0.352 e. The molecule has 25 heavy (non-hydrogen) atoms. The molecular formula is C19H28N4O2. The monoisotopic (exact) mass is 344 g/mol. The zero-order valence-electron chi connectivity index (χ0n) is 15.1. The number of carbonyl (C=O) groups is 2. The summed E-state index contributed by atoms with van der Waals surface area (Å²) >= 11 is 0. The molecule has 1 heterocycles. The van der Waals surface area contributed by atoms with Gasteiger partial charge < -0.3 is 10.6 Å². The Hall–Kier alpha value is -2.18. The Morgan fingerprint density at radius 3 is 2.64 bits per heavy atom. The van der Waals surface area contributed by atoms with Crippen molar-refractivity contribution in [2.45, 2.75) is 19.9 Å². The molecular weight excluding hydrogens is 316 g/mol. The van der Waals surface area contributed by atoms with Gasteiger partial charge in [0.15, 0.2) is 0 Å². The maximum Gasteiger partial charge on any atom is 0.241 e. The summed E-state index contributed by atoms with van der Waals surface area (Å²) < 4.78 is 0. The average molecular weight is 344 g/mol. The zero-order valence-corrected chi connectivity index (χ0v) is 15.1. The van der Waals surface area contributed by atoms with Crippen LogP contribution in [-0.4, -0.2) is 66.9 Å². The van der Waals surface area contributed by atoms with Crippen molar-refractivity contribution >= 4 is 17.5 Å². The Morgan fingerprint density at radius 1 is 1.28 bits per heavy atom. The molecule has 1 fully saturated rings. The van der Waals surface area contributed by atoms with Crippen molar-refractivity contribution in [3.8, 4) is 0 Å². The van der Waals surface area contributed by atoms with Crippen molar-refractivity contribution in [1.29, 1.82) is 0 Å². The lowest BCUT2D eigenvalue weighted by Crippen LogP contribution is -2.54. The predicted octanol–water partition coefficient (Wildman–Crippen LogP) is 1.24. The largest absolute Gasteiger partial charge is 0.352 e. The molecule has 0 aliphatic carbocycles. The molecule has 0 bridgehead atoms. The molecule has 0 saturated carbocycles. The summed E-state index contributed by atoms with van der Waals surface area (Å²) in [5.41, 5.74) is 1.95. The summed E-state index contributed by atoms with van der Waals surface area (Å²) in [4.78, 5) is 28.5. The second kappa shape index (κ2) is 9.34. The maximum atomic E-state index is 12.5. The maximum absolute atomic E-state index is 12.5. The van der Waals surface area contributed by atoms with E-state index in [-0.39, 0.29) is 17.9 Å².